The van der Waals surface area contributed by atoms with Crippen LogP contribution < -0.4 is 0 Å². The van der Waals surface area contributed by atoms with E-state index in [9.17, 15) is 18.0 Å². The van der Waals surface area contributed by atoms with Crippen LogP contribution in [0.3, 0.4) is 0 Å². The standard InChI is InChI=1S/C17H21N3O5S/c1-19(2)15(21)11-25-17(22)12-6-5-9-20(10-12)16-13-7-3-4-8-14(13)26(23,24)18-16/h3-4,7-8,12H,5-6,9-11H2,1-2H3. The fourth-order valence-electron chi connectivity index (χ4n) is 3.06. The number of carbonyl (C=O) groups excluding carboxylic acids is 2. The van der Waals surface area contributed by atoms with Gasteiger partial charge in [-0.3, -0.25) is 9.59 Å². The molecule has 3 rings (SSSR count). The maximum atomic E-state index is 12.3. The number of sulfonamides is 1. The second-order valence-corrected chi connectivity index (χ2v) is 8.14. The summed E-state index contributed by atoms with van der Waals surface area (Å²) in [6.07, 6.45) is 1.34. The Kier molecular flexibility index (Phi) is 4.99. The number of fused-ring (bicyclic) bond motifs is 1. The molecule has 0 saturated carbocycles. The van der Waals surface area contributed by atoms with Crippen molar-refractivity contribution in [2.24, 2.45) is 10.3 Å². The molecule has 2 aliphatic rings. The molecule has 1 unspecified atom stereocenters. The van der Waals surface area contributed by atoms with Crippen LogP contribution in [0.2, 0.25) is 0 Å². The van der Waals surface area contributed by atoms with E-state index in [0.717, 1.165) is 0 Å². The van der Waals surface area contributed by atoms with Crippen molar-refractivity contribution in [3.63, 3.8) is 0 Å². The van der Waals surface area contributed by atoms with Crippen molar-refractivity contribution in [1.82, 2.24) is 9.80 Å². The first kappa shape index (κ1) is 18.4. The van der Waals surface area contributed by atoms with Crippen LogP contribution in [-0.4, -0.2) is 69.7 Å². The summed E-state index contributed by atoms with van der Waals surface area (Å²) in [5.74, 6) is -0.773. The molecule has 0 radical (unpaired) electrons. The van der Waals surface area contributed by atoms with Gasteiger partial charge >= 0.3 is 5.97 Å². The number of amidine groups is 1. The van der Waals surface area contributed by atoms with E-state index in [-0.39, 0.29) is 17.4 Å². The zero-order valence-corrected chi connectivity index (χ0v) is 15.5. The first-order valence-electron chi connectivity index (χ1n) is 8.35. The summed E-state index contributed by atoms with van der Waals surface area (Å²) >= 11 is 0. The monoisotopic (exact) mass is 379 g/mol. The fourth-order valence-corrected chi connectivity index (χ4v) is 4.29. The number of rotatable bonds is 3. The van der Waals surface area contributed by atoms with E-state index >= 15 is 0 Å². The molecule has 1 aromatic carbocycles. The Bertz CT molecular complexity index is 863. The summed E-state index contributed by atoms with van der Waals surface area (Å²) in [5, 5.41) is 0. The average Bonchev–Trinajstić information content (AvgIpc) is 2.91. The van der Waals surface area contributed by atoms with Crippen molar-refractivity contribution in [2.45, 2.75) is 17.7 Å². The van der Waals surface area contributed by atoms with E-state index in [1.165, 1.54) is 11.0 Å². The van der Waals surface area contributed by atoms with Crippen LogP contribution in [0.25, 0.3) is 0 Å². The predicted molar refractivity (Wildman–Crippen MR) is 94.1 cm³/mol. The highest BCUT2D eigenvalue weighted by molar-refractivity contribution is 7.90. The summed E-state index contributed by atoms with van der Waals surface area (Å²) in [6.45, 7) is 0.640. The molecule has 1 aromatic rings. The number of ether oxygens (including phenoxy) is 1. The lowest BCUT2D eigenvalue weighted by Gasteiger charge is -2.32. The van der Waals surface area contributed by atoms with Crippen LogP contribution >= 0.6 is 0 Å². The van der Waals surface area contributed by atoms with Gasteiger partial charge in [-0.2, -0.15) is 8.42 Å². The van der Waals surface area contributed by atoms with Crippen molar-refractivity contribution in [3.8, 4) is 0 Å². The molecule has 1 amide bonds. The number of benzene rings is 1. The van der Waals surface area contributed by atoms with Gasteiger partial charge in [-0.05, 0) is 25.0 Å². The van der Waals surface area contributed by atoms with E-state index in [0.29, 0.717) is 37.3 Å². The van der Waals surface area contributed by atoms with E-state index in [1.807, 2.05) is 4.90 Å². The summed E-state index contributed by atoms with van der Waals surface area (Å²) in [7, 11) is -0.509. The minimum Gasteiger partial charge on any atom is -0.455 e. The fraction of sp³-hybridized carbons (Fsp3) is 0.471. The number of amides is 1. The second kappa shape index (κ2) is 7.06. The van der Waals surface area contributed by atoms with Crippen molar-refractivity contribution in [3.05, 3.63) is 29.8 Å². The van der Waals surface area contributed by atoms with Crippen LogP contribution in [0.4, 0.5) is 0 Å². The first-order valence-corrected chi connectivity index (χ1v) is 9.79. The highest BCUT2D eigenvalue weighted by Gasteiger charge is 2.35. The molecule has 1 atom stereocenters. The van der Waals surface area contributed by atoms with Gasteiger partial charge in [-0.25, -0.2) is 0 Å². The molecule has 2 aliphatic heterocycles. The van der Waals surface area contributed by atoms with E-state index < -0.39 is 21.9 Å². The maximum absolute atomic E-state index is 12.3. The number of carbonyl (C=O) groups is 2. The smallest absolute Gasteiger partial charge is 0.311 e. The highest BCUT2D eigenvalue weighted by atomic mass is 32.2. The molecule has 0 N–H and O–H groups in total. The van der Waals surface area contributed by atoms with Gasteiger partial charge in [0.05, 0.1) is 5.92 Å². The lowest BCUT2D eigenvalue weighted by molar-refractivity contribution is -0.155. The third-order valence-electron chi connectivity index (χ3n) is 4.50. The molecule has 1 saturated heterocycles. The third-order valence-corrected chi connectivity index (χ3v) is 5.83. The van der Waals surface area contributed by atoms with Gasteiger partial charge < -0.3 is 14.5 Å². The SMILES string of the molecule is CN(C)C(=O)COC(=O)C1CCCN(C2=NS(=O)(=O)c3ccccc32)C1. The predicted octanol–water partition coefficient (Wildman–Crippen LogP) is 0.479. The summed E-state index contributed by atoms with van der Waals surface area (Å²) in [6, 6.07) is 6.67. The number of nitrogens with zero attached hydrogens (tertiary/aromatic N) is 3. The molecule has 8 nitrogen and oxygen atoms in total. The van der Waals surface area contributed by atoms with E-state index in [1.54, 1.807) is 32.3 Å². The molecule has 0 spiro atoms. The molecule has 0 bridgehead atoms. The third kappa shape index (κ3) is 3.57. The Balaban J connectivity index is 1.72. The van der Waals surface area contributed by atoms with Gasteiger partial charge in [-0.1, -0.05) is 12.1 Å². The highest BCUT2D eigenvalue weighted by Crippen LogP contribution is 2.29. The Labute approximate surface area is 152 Å². The number of hydrogen-bond donors (Lipinski definition) is 0. The summed E-state index contributed by atoms with van der Waals surface area (Å²) in [5.41, 5.74) is 0.560. The van der Waals surface area contributed by atoms with Crippen molar-refractivity contribution in [2.75, 3.05) is 33.8 Å². The molecule has 9 heteroatoms. The molecule has 0 aromatic heterocycles. The molecule has 140 valence electrons. The van der Waals surface area contributed by atoms with Gasteiger partial charge in [-0.15, -0.1) is 4.40 Å². The first-order chi connectivity index (χ1) is 12.3. The van der Waals surface area contributed by atoms with Gasteiger partial charge in [0.2, 0.25) is 0 Å². The van der Waals surface area contributed by atoms with Crippen molar-refractivity contribution < 1.29 is 22.7 Å². The Morgan fingerprint density at radius 1 is 1.31 bits per heavy atom. The van der Waals surface area contributed by atoms with Crippen molar-refractivity contribution in [1.29, 1.82) is 0 Å². The summed E-state index contributed by atoms with van der Waals surface area (Å²) < 4.78 is 33.4. The zero-order valence-electron chi connectivity index (χ0n) is 14.7. The summed E-state index contributed by atoms with van der Waals surface area (Å²) in [4.78, 5) is 27.2. The minimum atomic E-state index is -3.69. The van der Waals surface area contributed by atoms with Gasteiger partial charge in [0.1, 0.15) is 4.90 Å². The molecular weight excluding hydrogens is 358 g/mol. The average molecular weight is 379 g/mol. The second-order valence-electron chi connectivity index (χ2n) is 6.57. The van der Waals surface area contributed by atoms with Crippen LogP contribution in [0.5, 0.6) is 0 Å². The van der Waals surface area contributed by atoms with E-state index in [2.05, 4.69) is 4.40 Å². The number of likely N-dealkylation sites (tertiary alicyclic amines) is 1. The molecule has 2 heterocycles. The molecule has 0 aliphatic carbocycles. The normalized spacial score (nSPS) is 20.9. The van der Waals surface area contributed by atoms with Crippen LogP contribution in [0.1, 0.15) is 18.4 Å². The van der Waals surface area contributed by atoms with Crippen LogP contribution in [-0.2, 0) is 24.3 Å². The molecule has 26 heavy (non-hydrogen) atoms. The number of piperidine rings is 1. The Hall–Kier alpha value is -2.42. The largest absolute Gasteiger partial charge is 0.455 e. The quantitative estimate of drug-likeness (QED) is 0.709. The Morgan fingerprint density at radius 3 is 2.77 bits per heavy atom. The molecular formula is C17H21N3O5S. The van der Waals surface area contributed by atoms with E-state index in [4.69, 9.17) is 4.74 Å². The number of esters is 1. The zero-order chi connectivity index (χ0) is 18.9. The number of likely N-dealkylation sites (N-methyl/N-ethyl adjacent to an activating group) is 1. The Morgan fingerprint density at radius 2 is 2.04 bits per heavy atom. The topological polar surface area (TPSA) is 96.3 Å². The van der Waals surface area contributed by atoms with Gasteiger partial charge in [0.15, 0.2) is 12.4 Å². The van der Waals surface area contributed by atoms with Gasteiger partial charge in [0.25, 0.3) is 15.9 Å². The number of hydrogen-bond acceptors (Lipinski definition) is 6. The van der Waals surface area contributed by atoms with Gasteiger partial charge in [0, 0.05) is 32.7 Å². The molecule has 1 fully saturated rings. The van der Waals surface area contributed by atoms with Crippen LogP contribution in [0.15, 0.2) is 33.6 Å². The lowest BCUT2D eigenvalue weighted by Crippen LogP contribution is -2.43. The maximum Gasteiger partial charge on any atom is 0.311 e. The van der Waals surface area contributed by atoms with Crippen molar-refractivity contribution >= 4 is 27.7 Å². The lowest BCUT2D eigenvalue weighted by atomic mass is 9.97. The minimum absolute atomic E-state index is 0.191. The van der Waals surface area contributed by atoms with Crippen LogP contribution in [0, 0.1) is 5.92 Å².